The van der Waals surface area contributed by atoms with Crippen LogP contribution in [0.5, 0.6) is 0 Å². The van der Waals surface area contributed by atoms with Gasteiger partial charge < -0.3 is 4.74 Å². The minimum atomic E-state index is 0.900. The van der Waals surface area contributed by atoms with Crippen molar-refractivity contribution in [3.8, 4) is 0 Å². The molecule has 0 spiro atoms. The quantitative estimate of drug-likeness (QED) is 0.582. The zero-order valence-corrected chi connectivity index (χ0v) is 7.91. The Labute approximate surface area is 73.3 Å². The third-order valence-electron chi connectivity index (χ3n) is 1.27. The summed E-state index contributed by atoms with van der Waals surface area (Å²) in [6, 6.07) is 0. The summed E-state index contributed by atoms with van der Waals surface area (Å²) in [5.41, 5.74) is 0. The van der Waals surface area contributed by atoms with Crippen LogP contribution in [-0.4, -0.2) is 23.9 Å². The monoisotopic (exact) mass is 192 g/mol. The Morgan fingerprint density at radius 1 is 1.00 bits per heavy atom. The fourth-order valence-electron chi connectivity index (χ4n) is 0.856. The standard InChI is InChI=1S/C6H8OS3/c1-2-9-6-5(7-1)8-3-4-10-6/h1-4H2. The molecule has 2 rings (SSSR count). The first kappa shape index (κ1) is 7.25. The van der Waals surface area contributed by atoms with Crippen molar-refractivity contribution in [2.24, 2.45) is 0 Å². The van der Waals surface area contributed by atoms with Gasteiger partial charge in [-0.25, -0.2) is 0 Å². The molecule has 0 fully saturated rings. The Bertz CT molecular complexity index is 132. The zero-order chi connectivity index (χ0) is 6.81. The lowest BCUT2D eigenvalue weighted by Crippen LogP contribution is -2.07. The zero-order valence-electron chi connectivity index (χ0n) is 5.46. The molecule has 0 saturated carbocycles. The molecule has 0 aromatic rings. The predicted molar refractivity (Wildman–Crippen MR) is 50.4 cm³/mol. The number of ether oxygens (including phenoxy) is 1. The molecule has 0 aromatic heterocycles. The van der Waals surface area contributed by atoms with Crippen LogP contribution in [0.4, 0.5) is 0 Å². The molecule has 2 heterocycles. The van der Waals surface area contributed by atoms with E-state index in [9.17, 15) is 0 Å². The van der Waals surface area contributed by atoms with Crippen molar-refractivity contribution in [3.05, 3.63) is 9.33 Å². The summed E-state index contributed by atoms with van der Waals surface area (Å²) in [5, 5.41) is 1.19. The van der Waals surface area contributed by atoms with Crippen molar-refractivity contribution in [1.29, 1.82) is 0 Å². The Balaban J connectivity index is 2.14. The van der Waals surface area contributed by atoms with E-state index in [1.807, 2.05) is 35.3 Å². The van der Waals surface area contributed by atoms with E-state index in [-0.39, 0.29) is 0 Å². The first-order valence-corrected chi connectivity index (χ1v) is 6.18. The van der Waals surface area contributed by atoms with Gasteiger partial charge in [-0.1, -0.05) is 11.8 Å². The van der Waals surface area contributed by atoms with Crippen molar-refractivity contribution >= 4 is 35.3 Å². The molecule has 0 radical (unpaired) electrons. The second kappa shape index (κ2) is 3.32. The van der Waals surface area contributed by atoms with Gasteiger partial charge in [0.2, 0.25) is 0 Å². The summed E-state index contributed by atoms with van der Waals surface area (Å²) < 4.78 is 6.90. The molecule has 10 heavy (non-hydrogen) atoms. The van der Waals surface area contributed by atoms with Gasteiger partial charge in [-0.15, -0.1) is 23.5 Å². The van der Waals surface area contributed by atoms with Crippen molar-refractivity contribution in [2.45, 2.75) is 0 Å². The molecule has 0 bridgehead atoms. The third-order valence-corrected chi connectivity index (χ3v) is 5.16. The van der Waals surface area contributed by atoms with Crippen LogP contribution in [0.25, 0.3) is 0 Å². The Morgan fingerprint density at radius 2 is 1.80 bits per heavy atom. The summed E-state index contributed by atoms with van der Waals surface area (Å²) >= 11 is 5.75. The van der Waals surface area contributed by atoms with Crippen LogP contribution in [0.3, 0.4) is 0 Å². The van der Waals surface area contributed by atoms with Crippen LogP contribution in [0.1, 0.15) is 0 Å². The van der Waals surface area contributed by atoms with Crippen LogP contribution in [-0.2, 0) is 4.74 Å². The summed E-state index contributed by atoms with van der Waals surface area (Å²) in [7, 11) is 0. The molecule has 0 N–H and O–H groups in total. The highest BCUT2D eigenvalue weighted by Gasteiger charge is 2.19. The number of hydrogen-bond donors (Lipinski definition) is 0. The Kier molecular flexibility index (Phi) is 2.41. The molecule has 0 aliphatic carbocycles. The number of thioether (sulfide) groups is 3. The molecule has 0 unspecified atom stereocenters. The average molecular weight is 192 g/mol. The molecule has 0 aromatic carbocycles. The highest BCUT2D eigenvalue weighted by atomic mass is 32.2. The summed E-state index contributed by atoms with van der Waals surface area (Å²) in [4.78, 5) is 0. The Morgan fingerprint density at radius 3 is 2.70 bits per heavy atom. The second-order valence-electron chi connectivity index (χ2n) is 1.97. The molecule has 56 valence electrons. The molecular weight excluding hydrogens is 184 g/mol. The molecule has 0 amide bonds. The molecule has 2 aliphatic heterocycles. The van der Waals surface area contributed by atoms with E-state index in [0.717, 1.165) is 12.4 Å². The van der Waals surface area contributed by atoms with Gasteiger partial charge in [0.1, 0.15) is 0 Å². The molecule has 0 saturated heterocycles. The lowest BCUT2D eigenvalue weighted by atomic mass is 10.8. The highest BCUT2D eigenvalue weighted by molar-refractivity contribution is 8.24. The van der Waals surface area contributed by atoms with Crippen LogP contribution >= 0.6 is 35.3 Å². The van der Waals surface area contributed by atoms with Crippen molar-refractivity contribution in [1.82, 2.24) is 0 Å². The first-order chi connectivity index (χ1) is 4.97. The average Bonchev–Trinajstić information content (AvgIpc) is 2.05. The van der Waals surface area contributed by atoms with Crippen LogP contribution in [0.2, 0.25) is 0 Å². The van der Waals surface area contributed by atoms with Crippen LogP contribution in [0.15, 0.2) is 9.33 Å². The second-order valence-corrected chi connectivity index (χ2v) is 5.51. The lowest BCUT2D eigenvalue weighted by Gasteiger charge is -2.22. The number of hydrogen-bond acceptors (Lipinski definition) is 4. The van der Waals surface area contributed by atoms with E-state index in [1.54, 1.807) is 0 Å². The van der Waals surface area contributed by atoms with E-state index in [4.69, 9.17) is 4.74 Å². The first-order valence-electron chi connectivity index (χ1n) is 3.22. The maximum absolute atomic E-state index is 5.48. The predicted octanol–water partition coefficient (Wildman–Crippen LogP) is 2.36. The molecule has 0 atom stereocenters. The Hall–Kier alpha value is 0.590. The van der Waals surface area contributed by atoms with Crippen molar-refractivity contribution in [2.75, 3.05) is 23.9 Å². The highest BCUT2D eigenvalue weighted by Crippen LogP contribution is 2.43. The van der Waals surface area contributed by atoms with Crippen LogP contribution in [0, 0.1) is 0 Å². The molecule has 4 heteroatoms. The molecule has 1 nitrogen and oxygen atoms in total. The van der Waals surface area contributed by atoms with Gasteiger partial charge in [0.05, 0.1) is 10.8 Å². The SMILES string of the molecule is C1CSC2=C(O1)SCCS2. The van der Waals surface area contributed by atoms with Crippen molar-refractivity contribution < 1.29 is 4.74 Å². The smallest absolute Gasteiger partial charge is 0.173 e. The van der Waals surface area contributed by atoms with Gasteiger partial charge >= 0.3 is 0 Å². The fraction of sp³-hybridized carbons (Fsp3) is 0.667. The summed E-state index contributed by atoms with van der Waals surface area (Å²) in [6.07, 6.45) is 0. The van der Waals surface area contributed by atoms with Gasteiger partial charge in [0.25, 0.3) is 0 Å². The van der Waals surface area contributed by atoms with E-state index in [1.165, 1.54) is 20.8 Å². The van der Waals surface area contributed by atoms with E-state index in [0.29, 0.717) is 0 Å². The lowest BCUT2D eigenvalue weighted by molar-refractivity contribution is 0.258. The van der Waals surface area contributed by atoms with Gasteiger partial charge in [0.15, 0.2) is 5.09 Å². The maximum Gasteiger partial charge on any atom is 0.173 e. The topological polar surface area (TPSA) is 9.23 Å². The largest absolute Gasteiger partial charge is 0.485 e. The minimum Gasteiger partial charge on any atom is -0.485 e. The number of rotatable bonds is 0. The van der Waals surface area contributed by atoms with E-state index < -0.39 is 0 Å². The van der Waals surface area contributed by atoms with Crippen LogP contribution < -0.4 is 0 Å². The van der Waals surface area contributed by atoms with Gasteiger partial charge in [-0.3, -0.25) is 0 Å². The van der Waals surface area contributed by atoms with E-state index >= 15 is 0 Å². The third kappa shape index (κ3) is 1.43. The normalized spacial score (nSPS) is 25.6. The molecule has 2 aliphatic rings. The van der Waals surface area contributed by atoms with Gasteiger partial charge in [0, 0.05) is 17.3 Å². The summed E-state index contributed by atoms with van der Waals surface area (Å²) in [6.45, 7) is 0.900. The van der Waals surface area contributed by atoms with E-state index in [2.05, 4.69) is 0 Å². The molecular formula is C6H8OS3. The van der Waals surface area contributed by atoms with Gasteiger partial charge in [-0.05, 0) is 0 Å². The minimum absolute atomic E-state index is 0.900. The maximum atomic E-state index is 5.48. The summed E-state index contributed by atoms with van der Waals surface area (Å²) in [5.74, 6) is 3.59. The van der Waals surface area contributed by atoms with Crippen molar-refractivity contribution in [3.63, 3.8) is 0 Å². The fourth-order valence-corrected chi connectivity index (χ4v) is 4.42. The van der Waals surface area contributed by atoms with Gasteiger partial charge in [-0.2, -0.15) is 0 Å².